The summed E-state index contributed by atoms with van der Waals surface area (Å²) in [6.07, 6.45) is 3.01. The van der Waals surface area contributed by atoms with E-state index < -0.39 is 18.0 Å². The van der Waals surface area contributed by atoms with Gasteiger partial charge in [0.05, 0.1) is 6.42 Å². The summed E-state index contributed by atoms with van der Waals surface area (Å²) in [7, 11) is 0. The number of hydrogen-bond acceptors (Lipinski definition) is 7. The van der Waals surface area contributed by atoms with Crippen LogP contribution in [0.4, 0.5) is 5.69 Å². The summed E-state index contributed by atoms with van der Waals surface area (Å²) in [5.41, 5.74) is 12.6. The third kappa shape index (κ3) is 14.1. The molecule has 0 spiro atoms. The van der Waals surface area contributed by atoms with Crippen molar-refractivity contribution in [2.75, 3.05) is 11.9 Å². The Bertz CT molecular complexity index is 1140. The van der Waals surface area contributed by atoms with E-state index in [0.717, 1.165) is 35.5 Å². The predicted octanol–water partition coefficient (Wildman–Crippen LogP) is 3.61. The van der Waals surface area contributed by atoms with E-state index in [1.54, 1.807) is 24.3 Å². The Balaban J connectivity index is 0.000000528. The van der Waals surface area contributed by atoms with Gasteiger partial charge in [0.15, 0.2) is 0 Å². The molecule has 200 valence electrons. The molecular formula is C27H36N4O6. The first-order valence-corrected chi connectivity index (χ1v) is 11.4. The molecule has 1 amide bonds. The maximum atomic E-state index is 10.6. The molecule has 0 saturated carbocycles. The van der Waals surface area contributed by atoms with E-state index in [1.165, 1.54) is 6.92 Å². The zero-order valence-electron chi connectivity index (χ0n) is 20.9. The number of carbonyl (C=O) groups excluding carboxylic acids is 2. The Morgan fingerprint density at radius 2 is 1.57 bits per heavy atom. The smallest absolute Gasteiger partial charge is 0.320 e. The maximum Gasteiger partial charge on any atom is 0.320 e. The fraction of sp³-hybridized carbons (Fsp3) is 0.259. The van der Waals surface area contributed by atoms with Gasteiger partial charge in [-0.1, -0.05) is 48.9 Å². The van der Waals surface area contributed by atoms with E-state index in [-0.39, 0.29) is 18.5 Å². The number of hydrogen-bond donors (Lipinski definition) is 6. The average molecular weight is 513 g/mol. The Labute approximate surface area is 216 Å². The lowest BCUT2D eigenvalue weighted by Crippen LogP contribution is -2.29. The fourth-order valence-electron chi connectivity index (χ4n) is 3.00. The van der Waals surface area contributed by atoms with Crippen LogP contribution in [-0.2, 0) is 20.8 Å². The molecule has 0 aliphatic carbocycles. The monoisotopic (exact) mass is 512 g/mol. The van der Waals surface area contributed by atoms with Crippen LogP contribution in [0.3, 0.4) is 0 Å². The highest BCUT2D eigenvalue weighted by Gasteiger charge is 2.09. The summed E-state index contributed by atoms with van der Waals surface area (Å²) in [5.74, 6) is -1.84. The quantitative estimate of drug-likeness (QED) is 0.182. The van der Waals surface area contributed by atoms with Crippen molar-refractivity contribution in [2.24, 2.45) is 11.5 Å². The lowest BCUT2D eigenvalue weighted by molar-refractivity contribution is -0.139. The number of nitrogens with two attached hydrogens (primary N) is 2. The standard InChI is InChI=1S/C12H10O2.C9H9NO2.C6H14N2O2.H3N/c13-12(14)8-9-5-6-10-3-1-2-4-11(10)7-9;1-7(12)10-9-4-2-8(6-11)3-5-9;7-4-2-1-3-5(8)6(9)10;/h1-7H,8H2,(H,13,14);2-6H,1H3,(H,10,12);5H,1-4,7-8H2,(H,9,10);1H3/t;;5-;/m..0./s1. The van der Waals surface area contributed by atoms with Gasteiger partial charge in [0.1, 0.15) is 12.3 Å². The summed E-state index contributed by atoms with van der Waals surface area (Å²) >= 11 is 0. The van der Waals surface area contributed by atoms with Crippen molar-refractivity contribution in [3.63, 3.8) is 0 Å². The number of rotatable bonds is 9. The number of carboxylic acids is 2. The topological polar surface area (TPSA) is 208 Å². The molecular weight excluding hydrogens is 476 g/mol. The molecule has 0 fully saturated rings. The van der Waals surface area contributed by atoms with E-state index in [1.807, 2.05) is 42.5 Å². The Morgan fingerprint density at radius 1 is 0.946 bits per heavy atom. The number of fused-ring (bicyclic) bond motifs is 1. The fourth-order valence-corrected chi connectivity index (χ4v) is 3.00. The number of aliphatic carboxylic acids is 2. The second-order valence-corrected chi connectivity index (χ2v) is 7.90. The van der Waals surface area contributed by atoms with Gasteiger partial charge in [-0.15, -0.1) is 0 Å². The van der Waals surface area contributed by atoms with Crippen LogP contribution >= 0.6 is 0 Å². The van der Waals surface area contributed by atoms with Crippen molar-refractivity contribution in [3.8, 4) is 0 Å². The largest absolute Gasteiger partial charge is 0.481 e. The van der Waals surface area contributed by atoms with E-state index in [0.29, 0.717) is 24.2 Å². The number of unbranched alkanes of at least 4 members (excludes halogenated alkanes) is 1. The lowest BCUT2D eigenvalue weighted by Gasteiger charge is -2.03. The summed E-state index contributed by atoms with van der Waals surface area (Å²) < 4.78 is 0. The zero-order valence-corrected chi connectivity index (χ0v) is 20.9. The first kappa shape index (κ1) is 32.9. The SMILES string of the molecule is CC(=O)Nc1ccc(C=O)cc1.N.NCCCC[C@H](N)C(=O)O.O=C(O)Cc1ccc2ccccc2c1. The number of carbonyl (C=O) groups is 4. The van der Waals surface area contributed by atoms with E-state index >= 15 is 0 Å². The van der Waals surface area contributed by atoms with Gasteiger partial charge < -0.3 is 33.1 Å². The summed E-state index contributed by atoms with van der Waals surface area (Å²) in [6.45, 7) is 2.04. The van der Waals surface area contributed by atoms with E-state index in [4.69, 9.17) is 21.7 Å². The number of nitrogens with one attached hydrogen (secondary N) is 1. The van der Waals surface area contributed by atoms with Gasteiger partial charge in [0, 0.05) is 18.2 Å². The van der Waals surface area contributed by atoms with E-state index in [2.05, 4.69) is 5.32 Å². The number of anilines is 1. The molecule has 0 aliphatic heterocycles. The van der Waals surface area contributed by atoms with Crippen molar-refractivity contribution < 1.29 is 29.4 Å². The number of benzene rings is 3. The molecule has 0 saturated heterocycles. The van der Waals surface area contributed by atoms with Crippen molar-refractivity contribution in [1.29, 1.82) is 0 Å². The number of amides is 1. The van der Waals surface area contributed by atoms with Crippen LogP contribution in [0.2, 0.25) is 0 Å². The highest BCUT2D eigenvalue weighted by atomic mass is 16.4. The van der Waals surface area contributed by atoms with Crippen molar-refractivity contribution in [2.45, 2.75) is 38.6 Å². The van der Waals surface area contributed by atoms with Gasteiger partial charge in [-0.3, -0.25) is 19.2 Å². The highest BCUT2D eigenvalue weighted by Crippen LogP contribution is 2.15. The molecule has 0 unspecified atom stereocenters. The molecule has 10 N–H and O–H groups in total. The molecule has 37 heavy (non-hydrogen) atoms. The lowest BCUT2D eigenvalue weighted by atomic mass is 10.1. The predicted molar refractivity (Wildman–Crippen MR) is 145 cm³/mol. The molecule has 10 nitrogen and oxygen atoms in total. The number of carboxylic acid groups (broad SMARTS) is 2. The first-order chi connectivity index (χ1) is 17.2. The minimum atomic E-state index is -0.933. The Morgan fingerprint density at radius 3 is 2.08 bits per heavy atom. The van der Waals surface area contributed by atoms with Gasteiger partial charge >= 0.3 is 11.9 Å². The van der Waals surface area contributed by atoms with Gasteiger partial charge in [-0.2, -0.15) is 0 Å². The molecule has 0 radical (unpaired) electrons. The van der Waals surface area contributed by atoms with Crippen LogP contribution in [0.15, 0.2) is 66.7 Å². The minimum Gasteiger partial charge on any atom is -0.481 e. The summed E-state index contributed by atoms with van der Waals surface area (Å²) in [5, 5.41) is 21.8. The van der Waals surface area contributed by atoms with Gasteiger partial charge in [0.2, 0.25) is 5.91 Å². The molecule has 3 aromatic rings. The van der Waals surface area contributed by atoms with Crippen LogP contribution < -0.4 is 22.9 Å². The van der Waals surface area contributed by atoms with Gasteiger partial charge in [0.25, 0.3) is 0 Å². The normalized spacial score (nSPS) is 10.4. The molecule has 10 heteroatoms. The van der Waals surface area contributed by atoms with Crippen LogP contribution in [-0.4, -0.2) is 46.9 Å². The second kappa shape index (κ2) is 18.2. The van der Waals surface area contributed by atoms with E-state index in [9.17, 15) is 19.2 Å². The third-order valence-electron chi connectivity index (χ3n) is 4.82. The Kier molecular flexibility index (Phi) is 16.2. The second-order valence-electron chi connectivity index (χ2n) is 7.90. The summed E-state index contributed by atoms with van der Waals surface area (Å²) in [4.78, 5) is 41.5. The van der Waals surface area contributed by atoms with Gasteiger partial charge in [-0.25, -0.2) is 0 Å². The average Bonchev–Trinajstić information content (AvgIpc) is 2.84. The maximum absolute atomic E-state index is 10.6. The number of aldehydes is 1. The summed E-state index contributed by atoms with van der Waals surface area (Å²) in [6, 6.07) is 19.6. The molecule has 0 aromatic heterocycles. The van der Waals surface area contributed by atoms with Crippen LogP contribution in [0, 0.1) is 0 Å². The van der Waals surface area contributed by atoms with Crippen LogP contribution in [0.1, 0.15) is 42.1 Å². The van der Waals surface area contributed by atoms with Crippen molar-refractivity contribution >= 4 is 40.6 Å². The van der Waals surface area contributed by atoms with Crippen LogP contribution in [0.5, 0.6) is 0 Å². The third-order valence-corrected chi connectivity index (χ3v) is 4.82. The highest BCUT2D eigenvalue weighted by molar-refractivity contribution is 5.89. The molecule has 1 atom stereocenters. The molecule has 0 heterocycles. The molecule has 3 aromatic carbocycles. The first-order valence-electron chi connectivity index (χ1n) is 11.4. The van der Waals surface area contributed by atoms with Gasteiger partial charge in [-0.05, 0) is 60.0 Å². The molecule has 0 bridgehead atoms. The van der Waals surface area contributed by atoms with Crippen LogP contribution in [0.25, 0.3) is 10.8 Å². The minimum absolute atomic E-state index is 0. The van der Waals surface area contributed by atoms with Crippen molar-refractivity contribution in [1.82, 2.24) is 6.15 Å². The molecule has 3 rings (SSSR count). The molecule has 0 aliphatic rings. The Hall–Kier alpha value is -4.12. The zero-order chi connectivity index (χ0) is 26.9. The van der Waals surface area contributed by atoms with Crippen molar-refractivity contribution in [3.05, 3.63) is 77.9 Å².